The van der Waals surface area contributed by atoms with Crippen molar-refractivity contribution in [3.05, 3.63) is 29.8 Å². The van der Waals surface area contributed by atoms with Gasteiger partial charge in [0.15, 0.2) is 0 Å². The number of nitrogens with zero attached hydrogens (tertiary/aromatic N) is 1. The summed E-state index contributed by atoms with van der Waals surface area (Å²) in [5.74, 6) is 0.218. The number of rotatable bonds is 3. The Morgan fingerprint density at radius 1 is 1.40 bits per heavy atom. The normalized spacial score (nSPS) is 11.3. The second-order valence-electron chi connectivity index (χ2n) is 2.89. The second-order valence-corrected chi connectivity index (χ2v) is 2.89. The minimum atomic E-state index is -0.853. The van der Waals surface area contributed by atoms with Gasteiger partial charge < -0.3 is 9.47 Å². The summed E-state index contributed by atoms with van der Waals surface area (Å²) in [4.78, 5) is 10.7. The van der Waals surface area contributed by atoms with Crippen LogP contribution >= 0.6 is 0 Å². The van der Waals surface area contributed by atoms with Gasteiger partial charge in [0.1, 0.15) is 11.8 Å². The van der Waals surface area contributed by atoms with Gasteiger partial charge in [0.05, 0.1) is 7.11 Å². The van der Waals surface area contributed by atoms with Crippen LogP contribution in [0.15, 0.2) is 24.3 Å². The Balaban J connectivity index is 2.84. The number of carbonyl (C=O) groups is 1. The van der Waals surface area contributed by atoms with Crippen LogP contribution in [-0.4, -0.2) is 13.1 Å². The molecule has 0 bridgehead atoms. The molecule has 0 fully saturated rings. The van der Waals surface area contributed by atoms with Gasteiger partial charge >= 0.3 is 5.97 Å². The summed E-state index contributed by atoms with van der Waals surface area (Å²) in [6.07, 6.45) is -0.853. The molecule has 0 aliphatic rings. The lowest BCUT2D eigenvalue weighted by Crippen LogP contribution is -2.06. The zero-order valence-corrected chi connectivity index (χ0v) is 8.56. The van der Waals surface area contributed by atoms with E-state index in [1.165, 1.54) is 6.92 Å². The van der Waals surface area contributed by atoms with Crippen LogP contribution in [-0.2, 0) is 9.53 Å². The van der Waals surface area contributed by atoms with Crippen LogP contribution in [0.1, 0.15) is 18.6 Å². The average Bonchev–Trinajstić information content (AvgIpc) is 2.26. The van der Waals surface area contributed by atoms with Gasteiger partial charge in [0, 0.05) is 12.5 Å². The van der Waals surface area contributed by atoms with Crippen molar-refractivity contribution in [2.75, 3.05) is 7.11 Å². The quantitative estimate of drug-likeness (QED) is 0.706. The molecule has 0 heterocycles. The Bertz CT molecular complexity index is 378. The number of benzene rings is 1. The fraction of sp³-hybridized carbons (Fsp3) is 0.273. The van der Waals surface area contributed by atoms with Gasteiger partial charge in [-0.25, -0.2) is 0 Å². The van der Waals surface area contributed by atoms with Gasteiger partial charge in [-0.05, 0) is 12.1 Å². The summed E-state index contributed by atoms with van der Waals surface area (Å²) in [5.41, 5.74) is 0.633. The zero-order chi connectivity index (χ0) is 11.3. The minimum absolute atomic E-state index is 0.475. The minimum Gasteiger partial charge on any atom is -0.497 e. The molecule has 0 saturated carbocycles. The first-order valence-corrected chi connectivity index (χ1v) is 4.38. The van der Waals surface area contributed by atoms with E-state index in [1.54, 1.807) is 31.4 Å². The van der Waals surface area contributed by atoms with Crippen LogP contribution in [0, 0.1) is 11.3 Å². The molecular weight excluding hydrogens is 194 g/mol. The largest absolute Gasteiger partial charge is 0.497 e. The van der Waals surface area contributed by atoms with Crippen LogP contribution in [0.2, 0.25) is 0 Å². The van der Waals surface area contributed by atoms with Crippen molar-refractivity contribution in [2.45, 2.75) is 13.0 Å². The Hall–Kier alpha value is -2.02. The first-order valence-electron chi connectivity index (χ1n) is 4.38. The zero-order valence-electron chi connectivity index (χ0n) is 8.56. The van der Waals surface area contributed by atoms with Gasteiger partial charge in [-0.1, -0.05) is 12.1 Å². The van der Waals surface area contributed by atoms with Crippen molar-refractivity contribution in [1.82, 2.24) is 0 Å². The molecule has 0 aliphatic carbocycles. The van der Waals surface area contributed by atoms with Gasteiger partial charge in [0.2, 0.25) is 6.10 Å². The molecule has 0 aliphatic heterocycles. The summed E-state index contributed by atoms with van der Waals surface area (Å²) in [6, 6.07) is 8.71. The molecule has 15 heavy (non-hydrogen) atoms. The van der Waals surface area contributed by atoms with Gasteiger partial charge in [0.25, 0.3) is 0 Å². The average molecular weight is 205 g/mol. The molecule has 1 aromatic carbocycles. The molecule has 0 saturated heterocycles. The molecule has 0 unspecified atom stereocenters. The molecule has 78 valence electrons. The predicted molar refractivity (Wildman–Crippen MR) is 53.1 cm³/mol. The molecule has 0 spiro atoms. The number of carbonyl (C=O) groups excluding carboxylic acids is 1. The highest BCUT2D eigenvalue weighted by atomic mass is 16.5. The lowest BCUT2D eigenvalue weighted by atomic mass is 10.1. The van der Waals surface area contributed by atoms with Gasteiger partial charge in [-0.2, -0.15) is 5.26 Å². The van der Waals surface area contributed by atoms with Gasteiger partial charge in [-0.15, -0.1) is 0 Å². The van der Waals surface area contributed by atoms with Crippen LogP contribution < -0.4 is 4.74 Å². The number of methoxy groups -OCH3 is 1. The van der Waals surface area contributed by atoms with E-state index in [0.717, 1.165) is 0 Å². The first kappa shape index (κ1) is 11.1. The third kappa shape index (κ3) is 2.99. The van der Waals surface area contributed by atoms with E-state index < -0.39 is 12.1 Å². The SMILES string of the molecule is COc1ccc([C@H](C#N)OC(C)=O)cc1. The van der Waals surface area contributed by atoms with Crippen molar-refractivity contribution in [1.29, 1.82) is 5.26 Å². The number of hydrogen-bond donors (Lipinski definition) is 0. The number of hydrogen-bond acceptors (Lipinski definition) is 4. The van der Waals surface area contributed by atoms with Crippen LogP contribution in [0.5, 0.6) is 5.75 Å². The Morgan fingerprint density at radius 3 is 2.40 bits per heavy atom. The number of ether oxygens (including phenoxy) is 2. The monoisotopic (exact) mass is 205 g/mol. The maximum atomic E-state index is 10.7. The van der Waals surface area contributed by atoms with Gasteiger partial charge in [-0.3, -0.25) is 4.79 Å². The van der Waals surface area contributed by atoms with E-state index in [0.29, 0.717) is 11.3 Å². The molecule has 4 nitrogen and oxygen atoms in total. The second kappa shape index (κ2) is 5.01. The topological polar surface area (TPSA) is 59.3 Å². The van der Waals surface area contributed by atoms with Crippen LogP contribution in [0.4, 0.5) is 0 Å². The summed E-state index contributed by atoms with van der Waals surface area (Å²) < 4.78 is 9.79. The van der Waals surface area contributed by atoms with E-state index in [9.17, 15) is 4.79 Å². The lowest BCUT2D eigenvalue weighted by molar-refractivity contribution is -0.144. The first-order chi connectivity index (χ1) is 7.17. The third-order valence-electron chi connectivity index (χ3n) is 1.82. The van der Waals surface area contributed by atoms with Crippen molar-refractivity contribution in [2.24, 2.45) is 0 Å². The smallest absolute Gasteiger partial charge is 0.304 e. The van der Waals surface area contributed by atoms with Crippen LogP contribution in [0.3, 0.4) is 0 Å². The summed E-state index contributed by atoms with van der Waals surface area (Å²) in [7, 11) is 1.56. The van der Waals surface area contributed by atoms with Crippen molar-refractivity contribution >= 4 is 5.97 Å². The Morgan fingerprint density at radius 2 is 2.00 bits per heavy atom. The molecule has 0 N–H and O–H groups in total. The van der Waals surface area contributed by atoms with Crippen LogP contribution in [0.25, 0.3) is 0 Å². The molecule has 1 aromatic rings. The molecular formula is C11H11NO3. The van der Waals surface area contributed by atoms with E-state index >= 15 is 0 Å². The lowest BCUT2D eigenvalue weighted by Gasteiger charge is -2.09. The summed E-state index contributed by atoms with van der Waals surface area (Å²) >= 11 is 0. The highest BCUT2D eigenvalue weighted by molar-refractivity contribution is 5.66. The summed E-state index contributed by atoms with van der Waals surface area (Å²) in [6.45, 7) is 1.27. The van der Waals surface area contributed by atoms with E-state index in [-0.39, 0.29) is 0 Å². The number of esters is 1. The van der Waals surface area contributed by atoms with Crippen molar-refractivity contribution in [3.63, 3.8) is 0 Å². The molecule has 0 aromatic heterocycles. The fourth-order valence-electron chi connectivity index (χ4n) is 1.11. The molecule has 0 radical (unpaired) electrons. The maximum Gasteiger partial charge on any atom is 0.304 e. The molecule has 1 atom stereocenters. The highest BCUT2D eigenvalue weighted by Gasteiger charge is 2.13. The predicted octanol–water partition coefficient (Wildman–Crippen LogP) is 1.82. The Labute approximate surface area is 88.0 Å². The molecule has 0 amide bonds. The summed E-state index contributed by atoms with van der Waals surface area (Å²) in [5, 5.41) is 8.80. The number of nitriles is 1. The van der Waals surface area contributed by atoms with E-state index in [1.807, 2.05) is 6.07 Å². The highest BCUT2D eigenvalue weighted by Crippen LogP contribution is 2.19. The third-order valence-corrected chi connectivity index (χ3v) is 1.82. The Kier molecular flexibility index (Phi) is 3.69. The molecule has 1 rings (SSSR count). The van der Waals surface area contributed by atoms with E-state index in [4.69, 9.17) is 14.7 Å². The van der Waals surface area contributed by atoms with Crippen molar-refractivity contribution < 1.29 is 14.3 Å². The van der Waals surface area contributed by atoms with Crippen molar-refractivity contribution in [3.8, 4) is 11.8 Å². The standard InChI is InChI=1S/C11H11NO3/c1-8(13)15-11(7-12)9-3-5-10(14-2)6-4-9/h3-6,11H,1-2H3/t11-/m0/s1. The van der Waals surface area contributed by atoms with E-state index in [2.05, 4.69) is 0 Å². The maximum absolute atomic E-state index is 10.7. The molecule has 4 heteroatoms. The fourth-order valence-corrected chi connectivity index (χ4v) is 1.11.